The van der Waals surface area contributed by atoms with Crippen LogP contribution in [0.4, 0.5) is 4.39 Å². The van der Waals surface area contributed by atoms with E-state index in [1.807, 2.05) is 31.2 Å². The molecule has 0 bridgehead atoms. The van der Waals surface area contributed by atoms with Crippen molar-refractivity contribution in [2.75, 3.05) is 20.2 Å². The number of nitrogens with zero attached hydrogens (tertiary/aromatic N) is 1. The van der Waals surface area contributed by atoms with E-state index >= 15 is 0 Å². The summed E-state index contributed by atoms with van der Waals surface area (Å²) in [5.74, 6) is 1.35. The summed E-state index contributed by atoms with van der Waals surface area (Å²) in [5.41, 5.74) is 2.04. The molecular weight excluding hydrogens is 432 g/mol. The Morgan fingerprint density at radius 2 is 1.84 bits per heavy atom. The number of nitrogens with one attached hydrogen (secondary N) is 2. The topological polar surface area (TPSA) is 45.7 Å². The molecule has 2 aromatic carbocycles. The minimum atomic E-state index is -0.237. The van der Waals surface area contributed by atoms with Gasteiger partial charge in [0, 0.05) is 13.1 Å². The molecule has 2 rings (SSSR count). The minimum Gasteiger partial charge on any atom is -0.497 e. The van der Waals surface area contributed by atoms with Gasteiger partial charge in [-0.2, -0.15) is 0 Å². The van der Waals surface area contributed by atoms with Gasteiger partial charge in [-0.25, -0.2) is 9.38 Å². The third-order valence-corrected chi connectivity index (χ3v) is 3.49. The van der Waals surface area contributed by atoms with Crippen molar-refractivity contribution in [1.82, 2.24) is 10.6 Å². The second-order valence-corrected chi connectivity index (χ2v) is 5.35. The molecule has 0 atom stereocenters. The van der Waals surface area contributed by atoms with Crippen molar-refractivity contribution in [3.05, 3.63) is 65.5 Å². The summed E-state index contributed by atoms with van der Waals surface area (Å²) in [6, 6.07) is 14.5. The number of aliphatic imine (C=N–C) groups is 1. The molecule has 0 saturated heterocycles. The number of guanidine groups is 1. The molecule has 0 aromatic heterocycles. The molecule has 0 aliphatic rings. The lowest BCUT2D eigenvalue weighted by Gasteiger charge is -2.11. The molecule has 0 heterocycles. The van der Waals surface area contributed by atoms with Crippen LogP contribution in [-0.4, -0.2) is 26.2 Å². The Hall–Kier alpha value is -1.83. The maximum absolute atomic E-state index is 13.2. The van der Waals surface area contributed by atoms with Crippen LogP contribution in [0.25, 0.3) is 0 Å². The van der Waals surface area contributed by atoms with E-state index in [0.29, 0.717) is 6.54 Å². The lowest BCUT2D eigenvalue weighted by Crippen LogP contribution is -2.38. The van der Waals surface area contributed by atoms with Gasteiger partial charge < -0.3 is 15.4 Å². The molecule has 4 nitrogen and oxygen atoms in total. The Balaban J connectivity index is 0.00000312. The van der Waals surface area contributed by atoms with E-state index in [-0.39, 0.29) is 29.8 Å². The zero-order valence-corrected chi connectivity index (χ0v) is 16.9. The van der Waals surface area contributed by atoms with Gasteiger partial charge in [0.2, 0.25) is 0 Å². The maximum Gasteiger partial charge on any atom is 0.191 e. The summed E-state index contributed by atoms with van der Waals surface area (Å²) >= 11 is 0. The highest BCUT2D eigenvalue weighted by Gasteiger charge is 2.00. The van der Waals surface area contributed by atoms with Gasteiger partial charge in [-0.3, -0.25) is 0 Å². The predicted octanol–water partition coefficient (Wildman–Crippen LogP) is 3.75. The van der Waals surface area contributed by atoms with Crippen molar-refractivity contribution in [1.29, 1.82) is 0 Å². The fourth-order valence-corrected chi connectivity index (χ4v) is 2.30. The zero-order chi connectivity index (χ0) is 17.2. The standard InChI is InChI=1S/C19H24FN3O.HI/c1-3-21-19(23-14-16-7-4-8-17(20)12-16)22-11-10-15-6-5-9-18(13-15)24-2;/h4-9,12-13H,3,10-11,14H2,1-2H3,(H2,21,22,23);1H. The lowest BCUT2D eigenvalue weighted by molar-refractivity contribution is 0.414. The van der Waals surface area contributed by atoms with Crippen molar-refractivity contribution < 1.29 is 9.13 Å². The first kappa shape index (κ1) is 21.2. The molecular formula is C19H25FIN3O. The van der Waals surface area contributed by atoms with Crippen LogP contribution in [0, 0.1) is 5.82 Å². The molecule has 0 aliphatic carbocycles. The summed E-state index contributed by atoms with van der Waals surface area (Å²) < 4.78 is 18.4. The van der Waals surface area contributed by atoms with E-state index in [9.17, 15) is 4.39 Å². The van der Waals surface area contributed by atoms with Crippen molar-refractivity contribution in [3.63, 3.8) is 0 Å². The largest absolute Gasteiger partial charge is 0.497 e. The Morgan fingerprint density at radius 3 is 2.56 bits per heavy atom. The number of methoxy groups -OCH3 is 1. The van der Waals surface area contributed by atoms with Crippen LogP contribution < -0.4 is 15.4 Å². The fourth-order valence-electron chi connectivity index (χ4n) is 2.30. The SMILES string of the molecule is CCNC(=NCc1cccc(F)c1)NCCc1cccc(OC)c1.I. The van der Waals surface area contributed by atoms with Crippen LogP contribution in [-0.2, 0) is 13.0 Å². The van der Waals surface area contributed by atoms with Crippen LogP contribution in [0.15, 0.2) is 53.5 Å². The fraction of sp³-hybridized carbons (Fsp3) is 0.316. The van der Waals surface area contributed by atoms with Gasteiger partial charge in [-0.05, 0) is 48.7 Å². The van der Waals surface area contributed by atoms with Crippen LogP contribution in [0.5, 0.6) is 5.75 Å². The molecule has 6 heteroatoms. The molecule has 0 spiro atoms. The number of benzene rings is 2. The van der Waals surface area contributed by atoms with Gasteiger partial charge in [0.05, 0.1) is 13.7 Å². The van der Waals surface area contributed by atoms with Gasteiger partial charge in [0.25, 0.3) is 0 Å². The molecule has 2 N–H and O–H groups in total. The van der Waals surface area contributed by atoms with E-state index in [1.54, 1.807) is 13.2 Å². The van der Waals surface area contributed by atoms with Gasteiger partial charge in [0.15, 0.2) is 5.96 Å². The highest BCUT2D eigenvalue weighted by molar-refractivity contribution is 14.0. The van der Waals surface area contributed by atoms with E-state index in [0.717, 1.165) is 36.8 Å². The van der Waals surface area contributed by atoms with Crippen LogP contribution in [0.1, 0.15) is 18.1 Å². The monoisotopic (exact) mass is 457 g/mol. The van der Waals surface area contributed by atoms with Crippen molar-refractivity contribution in [2.24, 2.45) is 4.99 Å². The summed E-state index contributed by atoms with van der Waals surface area (Å²) in [4.78, 5) is 4.49. The molecule has 0 fully saturated rings. The van der Waals surface area contributed by atoms with Crippen molar-refractivity contribution in [3.8, 4) is 5.75 Å². The molecule has 136 valence electrons. The van der Waals surface area contributed by atoms with Crippen LogP contribution in [0.2, 0.25) is 0 Å². The van der Waals surface area contributed by atoms with Crippen molar-refractivity contribution >= 4 is 29.9 Å². The molecule has 0 saturated carbocycles. The third-order valence-electron chi connectivity index (χ3n) is 3.49. The van der Waals surface area contributed by atoms with Crippen molar-refractivity contribution in [2.45, 2.75) is 19.9 Å². The van der Waals surface area contributed by atoms with Gasteiger partial charge in [0.1, 0.15) is 11.6 Å². The van der Waals surface area contributed by atoms with Gasteiger partial charge >= 0.3 is 0 Å². The lowest BCUT2D eigenvalue weighted by atomic mass is 10.1. The van der Waals surface area contributed by atoms with Crippen LogP contribution in [0.3, 0.4) is 0 Å². The smallest absolute Gasteiger partial charge is 0.191 e. The van der Waals surface area contributed by atoms with E-state index in [1.165, 1.54) is 17.7 Å². The summed E-state index contributed by atoms with van der Waals surface area (Å²) in [6.45, 7) is 3.98. The number of hydrogen-bond donors (Lipinski definition) is 2. The van der Waals surface area contributed by atoms with E-state index < -0.39 is 0 Å². The molecule has 0 radical (unpaired) electrons. The summed E-state index contributed by atoms with van der Waals surface area (Å²) in [5, 5.41) is 6.49. The second-order valence-electron chi connectivity index (χ2n) is 5.35. The van der Waals surface area contributed by atoms with Gasteiger partial charge in [-0.1, -0.05) is 24.3 Å². The molecule has 0 amide bonds. The first-order valence-electron chi connectivity index (χ1n) is 8.11. The number of ether oxygens (including phenoxy) is 1. The summed E-state index contributed by atoms with van der Waals surface area (Å²) in [6.07, 6.45) is 0.863. The first-order valence-corrected chi connectivity index (χ1v) is 8.11. The highest BCUT2D eigenvalue weighted by atomic mass is 127. The van der Waals surface area contributed by atoms with E-state index in [4.69, 9.17) is 4.74 Å². The van der Waals surface area contributed by atoms with Crippen LogP contribution >= 0.6 is 24.0 Å². The predicted molar refractivity (Wildman–Crippen MR) is 111 cm³/mol. The maximum atomic E-state index is 13.2. The normalized spacial score (nSPS) is 10.8. The molecule has 25 heavy (non-hydrogen) atoms. The highest BCUT2D eigenvalue weighted by Crippen LogP contribution is 2.12. The molecule has 0 unspecified atom stereocenters. The Labute approximate surface area is 165 Å². The minimum absolute atomic E-state index is 0. The Morgan fingerprint density at radius 1 is 1.08 bits per heavy atom. The molecule has 2 aromatic rings. The van der Waals surface area contributed by atoms with Gasteiger partial charge in [-0.15, -0.1) is 24.0 Å². The van der Waals surface area contributed by atoms with E-state index in [2.05, 4.69) is 21.7 Å². The average molecular weight is 457 g/mol. The summed E-state index contributed by atoms with van der Waals surface area (Å²) in [7, 11) is 1.67. The quantitative estimate of drug-likeness (QED) is 0.378. The average Bonchev–Trinajstić information content (AvgIpc) is 2.60. The third kappa shape index (κ3) is 7.72. The zero-order valence-electron chi connectivity index (χ0n) is 14.6. The number of hydrogen-bond acceptors (Lipinski definition) is 2. The first-order chi connectivity index (χ1) is 11.7. The Kier molecular flexibility index (Phi) is 9.91. The number of halogens is 2. The Bertz CT molecular complexity index is 679. The molecule has 0 aliphatic heterocycles. The second kappa shape index (κ2) is 11.7. The number of rotatable bonds is 7.